The minimum absolute atomic E-state index is 0.128. The van der Waals surface area contributed by atoms with Crippen LogP contribution in [0.15, 0.2) is 53.4 Å². The van der Waals surface area contributed by atoms with E-state index in [-0.39, 0.29) is 11.2 Å². The topological polar surface area (TPSA) is 20.3 Å². The molecule has 2 aromatic carbocycles. The van der Waals surface area contributed by atoms with Crippen LogP contribution in [0.4, 0.5) is 0 Å². The minimum Gasteiger partial charge on any atom is -0.340 e. The number of aryl methyl sites for hydroxylation is 1. The second-order valence-corrected chi connectivity index (χ2v) is 7.19. The lowest BCUT2D eigenvalue weighted by molar-refractivity contribution is -0.129. The number of rotatable bonds is 5. The van der Waals surface area contributed by atoms with Crippen molar-refractivity contribution in [2.75, 3.05) is 7.05 Å². The molecule has 4 heteroatoms. The molecule has 22 heavy (non-hydrogen) atoms. The first kappa shape index (κ1) is 16.9. The van der Waals surface area contributed by atoms with E-state index in [9.17, 15) is 4.79 Å². The summed E-state index contributed by atoms with van der Waals surface area (Å²) in [7, 11) is 1.85. The molecule has 0 aliphatic rings. The average molecular weight is 334 g/mol. The van der Waals surface area contributed by atoms with E-state index < -0.39 is 0 Å². The molecule has 1 atom stereocenters. The van der Waals surface area contributed by atoms with Crippen molar-refractivity contribution in [1.82, 2.24) is 4.90 Å². The van der Waals surface area contributed by atoms with Gasteiger partial charge in [0.25, 0.3) is 0 Å². The fourth-order valence-corrected chi connectivity index (χ4v) is 3.31. The maximum atomic E-state index is 12.5. The van der Waals surface area contributed by atoms with Crippen molar-refractivity contribution in [3.63, 3.8) is 0 Å². The second kappa shape index (κ2) is 7.70. The summed E-state index contributed by atoms with van der Waals surface area (Å²) in [5, 5.41) is 0.579. The van der Waals surface area contributed by atoms with Crippen LogP contribution in [0, 0.1) is 6.92 Å². The van der Waals surface area contributed by atoms with E-state index in [1.54, 1.807) is 16.7 Å². The number of hydrogen-bond acceptors (Lipinski definition) is 2. The quantitative estimate of drug-likeness (QED) is 0.733. The normalized spacial score (nSPS) is 12.0. The Hall–Kier alpha value is -1.45. The van der Waals surface area contributed by atoms with Gasteiger partial charge in [-0.2, -0.15) is 0 Å². The molecule has 0 aliphatic heterocycles. The Morgan fingerprint density at radius 3 is 2.45 bits per heavy atom. The molecule has 0 aliphatic carbocycles. The minimum atomic E-state index is -0.129. The lowest BCUT2D eigenvalue weighted by Crippen LogP contribution is -2.32. The summed E-state index contributed by atoms with van der Waals surface area (Å²) in [6, 6.07) is 15.7. The molecular formula is C18H20ClNOS. The highest BCUT2D eigenvalue weighted by Gasteiger charge is 2.19. The highest BCUT2D eigenvalue weighted by atomic mass is 35.5. The fraction of sp³-hybridized carbons (Fsp3) is 0.278. The predicted octanol–water partition coefficient (Wildman–Crippen LogP) is 4.79. The standard InChI is InChI=1S/C18H20ClNOS/c1-13-6-4-5-7-15(13)12-20(3)18(21)14(2)22-17-10-8-16(19)9-11-17/h4-11,14H,12H2,1-3H3. The molecule has 0 radical (unpaired) electrons. The molecule has 0 aromatic heterocycles. The average Bonchev–Trinajstić information content (AvgIpc) is 2.51. The molecule has 0 N–H and O–H groups in total. The van der Waals surface area contributed by atoms with Crippen LogP contribution in [0.1, 0.15) is 18.1 Å². The number of carbonyl (C=O) groups excluding carboxylic acids is 1. The molecule has 0 bridgehead atoms. The van der Waals surface area contributed by atoms with Crippen molar-refractivity contribution in [3.05, 3.63) is 64.7 Å². The Morgan fingerprint density at radius 1 is 1.18 bits per heavy atom. The summed E-state index contributed by atoms with van der Waals surface area (Å²) >= 11 is 7.44. The van der Waals surface area contributed by atoms with Crippen molar-refractivity contribution in [2.24, 2.45) is 0 Å². The van der Waals surface area contributed by atoms with E-state index in [0.717, 1.165) is 4.90 Å². The molecule has 1 unspecified atom stereocenters. The maximum Gasteiger partial charge on any atom is 0.235 e. The monoisotopic (exact) mass is 333 g/mol. The third kappa shape index (κ3) is 4.52. The lowest BCUT2D eigenvalue weighted by atomic mass is 10.1. The van der Waals surface area contributed by atoms with Gasteiger partial charge in [-0.3, -0.25) is 4.79 Å². The van der Waals surface area contributed by atoms with Gasteiger partial charge in [-0.25, -0.2) is 0 Å². The van der Waals surface area contributed by atoms with Gasteiger partial charge >= 0.3 is 0 Å². The molecular weight excluding hydrogens is 314 g/mol. The number of amides is 1. The molecule has 116 valence electrons. The van der Waals surface area contributed by atoms with E-state index in [1.165, 1.54) is 11.1 Å². The highest BCUT2D eigenvalue weighted by Crippen LogP contribution is 2.26. The van der Waals surface area contributed by atoms with Gasteiger partial charge < -0.3 is 4.90 Å². The molecule has 0 saturated carbocycles. The first-order valence-electron chi connectivity index (χ1n) is 7.19. The third-order valence-corrected chi connectivity index (χ3v) is 4.87. The van der Waals surface area contributed by atoms with E-state index in [1.807, 2.05) is 50.4 Å². The molecule has 1 amide bonds. The number of halogens is 1. The zero-order valence-corrected chi connectivity index (χ0v) is 14.6. The van der Waals surface area contributed by atoms with Gasteiger partial charge in [0.15, 0.2) is 0 Å². The molecule has 2 nitrogen and oxygen atoms in total. The maximum absolute atomic E-state index is 12.5. The van der Waals surface area contributed by atoms with Crippen molar-refractivity contribution in [3.8, 4) is 0 Å². The number of hydrogen-bond donors (Lipinski definition) is 0. The van der Waals surface area contributed by atoms with Crippen LogP contribution in [-0.4, -0.2) is 23.1 Å². The SMILES string of the molecule is Cc1ccccc1CN(C)C(=O)C(C)Sc1ccc(Cl)cc1. The molecule has 0 fully saturated rings. The Morgan fingerprint density at radius 2 is 1.82 bits per heavy atom. The largest absolute Gasteiger partial charge is 0.340 e. The molecule has 0 heterocycles. The number of nitrogens with zero attached hydrogens (tertiary/aromatic N) is 1. The summed E-state index contributed by atoms with van der Waals surface area (Å²) < 4.78 is 0. The Balaban J connectivity index is 1.97. The van der Waals surface area contributed by atoms with Crippen LogP contribution in [-0.2, 0) is 11.3 Å². The number of thioether (sulfide) groups is 1. The van der Waals surface area contributed by atoms with E-state index in [0.29, 0.717) is 11.6 Å². The van der Waals surface area contributed by atoms with Gasteiger partial charge in [-0.15, -0.1) is 11.8 Å². The van der Waals surface area contributed by atoms with Crippen molar-refractivity contribution >= 4 is 29.3 Å². The second-order valence-electron chi connectivity index (χ2n) is 5.33. The number of benzene rings is 2. The van der Waals surface area contributed by atoms with Crippen LogP contribution >= 0.6 is 23.4 Å². The molecule has 2 rings (SSSR count). The first-order chi connectivity index (χ1) is 10.5. The van der Waals surface area contributed by atoms with Gasteiger partial charge in [0.05, 0.1) is 5.25 Å². The summed E-state index contributed by atoms with van der Waals surface area (Å²) in [4.78, 5) is 15.3. The van der Waals surface area contributed by atoms with E-state index >= 15 is 0 Å². The molecule has 2 aromatic rings. The van der Waals surface area contributed by atoms with Crippen molar-refractivity contribution < 1.29 is 4.79 Å². The zero-order chi connectivity index (χ0) is 16.1. The van der Waals surface area contributed by atoms with Crippen molar-refractivity contribution in [1.29, 1.82) is 0 Å². The Bertz CT molecular complexity index is 642. The summed E-state index contributed by atoms with van der Waals surface area (Å²) in [6.45, 7) is 4.65. The number of carbonyl (C=O) groups is 1. The van der Waals surface area contributed by atoms with Crippen LogP contribution in [0.2, 0.25) is 5.02 Å². The van der Waals surface area contributed by atoms with Gasteiger partial charge in [-0.1, -0.05) is 35.9 Å². The van der Waals surface area contributed by atoms with Crippen LogP contribution < -0.4 is 0 Å². The van der Waals surface area contributed by atoms with Gasteiger partial charge in [0.2, 0.25) is 5.91 Å². The highest BCUT2D eigenvalue weighted by molar-refractivity contribution is 8.00. The fourth-order valence-electron chi connectivity index (χ4n) is 2.20. The Labute approximate surface area is 141 Å². The smallest absolute Gasteiger partial charge is 0.235 e. The molecule has 0 saturated heterocycles. The van der Waals surface area contributed by atoms with Gasteiger partial charge in [0, 0.05) is 23.5 Å². The van der Waals surface area contributed by atoms with Crippen LogP contribution in [0.5, 0.6) is 0 Å². The van der Waals surface area contributed by atoms with Gasteiger partial charge in [-0.05, 0) is 49.2 Å². The predicted molar refractivity (Wildman–Crippen MR) is 94.4 cm³/mol. The first-order valence-corrected chi connectivity index (χ1v) is 8.45. The Kier molecular flexibility index (Phi) is 5.92. The lowest BCUT2D eigenvalue weighted by Gasteiger charge is -2.22. The van der Waals surface area contributed by atoms with Crippen LogP contribution in [0.3, 0.4) is 0 Å². The third-order valence-electron chi connectivity index (χ3n) is 3.52. The zero-order valence-electron chi connectivity index (χ0n) is 13.0. The van der Waals surface area contributed by atoms with Gasteiger partial charge in [0.1, 0.15) is 0 Å². The van der Waals surface area contributed by atoms with Crippen molar-refractivity contribution in [2.45, 2.75) is 30.5 Å². The summed E-state index contributed by atoms with van der Waals surface area (Å²) in [5.41, 5.74) is 2.39. The summed E-state index contributed by atoms with van der Waals surface area (Å²) in [5.74, 6) is 0.128. The van der Waals surface area contributed by atoms with E-state index in [2.05, 4.69) is 19.1 Å². The van der Waals surface area contributed by atoms with Crippen LogP contribution in [0.25, 0.3) is 0 Å². The summed E-state index contributed by atoms with van der Waals surface area (Å²) in [6.07, 6.45) is 0. The molecule has 0 spiro atoms. The van der Waals surface area contributed by atoms with E-state index in [4.69, 9.17) is 11.6 Å².